The van der Waals surface area contributed by atoms with Crippen LogP contribution in [0.25, 0.3) is 0 Å². The third kappa shape index (κ3) is 4.32. The number of rotatable bonds is 6. The van der Waals surface area contributed by atoms with Crippen LogP contribution in [0.15, 0.2) is 48.5 Å². The molecule has 2 aromatic rings. The molecule has 27 heavy (non-hydrogen) atoms. The van der Waals surface area contributed by atoms with E-state index in [1.807, 2.05) is 11.0 Å². The highest BCUT2D eigenvalue weighted by Gasteiger charge is 2.30. The van der Waals surface area contributed by atoms with E-state index in [9.17, 15) is 20.0 Å². The van der Waals surface area contributed by atoms with Gasteiger partial charge in [0, 0.05) is 23.7 Å². The summed E-state index contributed by atoms with van der Waals surface area (Å²) in [7, 11) is 0. The SMILES string of the molecule is CC(O)CC1COCCN1c1ccc(C(=O)c2ccccc2)cc1[N+](=O)[O-]. The Bertz CT molecular complexity index is 822. The zero-order chi connectivity index (χ0) is 19.4. The number of benzene rings is 2. The standard InChI is InChI=1S/C20H22N2O5/c1-14(23)11-17-13-27-10-9-21(17)18-8-7-16(12-19(18)22(25)26)20(24)15-5-3-2-4-6-15/h2-8,12,14,17,23H,9-11,13H2,1H3. The van der Waals surface area contributed by atoms with E-state index in [0.717, 1.165) is 0 Å². The minimum Gasteiger partial charge on any atom is -0.393 e. The van der Waals surface area contributed by atoms with E-state index in [2.05, 4.69) is 0 Å². The van der Waals surface area contributed by atoms with Gasteiger partial charge in [-0.2, -0.15) is 0 Å². The number of ether oxygens (including phenoxy) is 1. The monoisotopic (exact) mass is 370 g/mol. The maximum atomic E-state index is 12.6. The van der Waals surface area contributed by atoms with E-state index in [1.165, 1.54) is 6.07 Å². The van der Waals surface area contributed by atoms with Crippen molar-refractivity contribution in [2.75, 3.05) is 24.7 Å². The van der Waals surface area contributed by atoms with Gasteiger partial charge in [0.25, 0.3) is 5.69 Å². The van der Waals surface area contributed by atoms with Gasteiger partial charge in [-0.15, -0.1) is 0 Å². The lowest BCUT2D eigenvalue weighted by Gasteiger charge is -2.37. The molecule has 0 radical (unpaired) electrons. The summed E-state index contributed by atoms with van der Waals surface area (Å²) >= 11 is 0. The highest BCUT2D eigenvalue weighted by atomic mass is 16.6. The fourth-order valence-corrected chi connectivity index (χ4v) is 3.37. The first-order valence-electron chi connectivity index (χ1n) is 8.88. The predicted octanol–water partition coefficient (Wildman–Crippen LogP) is 2.80. The second kappa shape index (κ2) is 8.28. The number of nitro groups is 1. The number of morpholine rings is 1. The highest BCUT2D eigenvalue weighted by Crippen LogP contribution is 2.33. The molecule has 2 unspecified atom stereocenters. The number of ketones is 1. The van der Waals surface area contributed by atoms with Crippen molar-refractivity contribution in [1.82, 2.24) is 0 Å². The van der Waals surface area contributed by atoms with E-state index in [-0.39, 0.29) is 23.1 Å². The molecule has 0 saturated carbocycles. The van der Waals surface area contributed by atoms with Gasteiger partial charge in [0.05, 0.1) is 30.3 Å². The van der Waals surface area contributed by atoms with Crippen LogP contribution in [0.3, 0.4) is 0 Å². The zero-order valence-corrected chi connectivity index (χ0v) is 15.1. The van der Waals surface area contributed by atoms with E-state index < -0.39 is 11.0 Å². The number of carbonyl (C=O) groups is 1. The van der Waals surface area contributed by atoms with E-state index in [0.29, 0.717) is 37.4 Å². The second-order valence-corrected chi connectivity index (χ2v) is 6.66. The van der Waals surface area contributed by atoms with Crippen LogP contribution < -0.4 is 4.90 Å². The van der Waals surface area contributed by atoms with Gasteiger partial charge in [0.1, 0.15) is 5.69 Å². The number of hydrogen-bond donors (Lipinski definition) is 1. The molecule has 0 aromatic heterocycles. The summed E-state index contributed by atoms with van der Waals surface area (Å²) in [4.78, 5) is 25.7. The summed E-state index contributed by atoms with van der Waals surface area (Å²) in [6.07, 6.45) is -0.0980. The van der Waals surface area contributed by atoms with Crippen molar-refractivity contribution in [3.63, 3.8) is 0 Å². The molecular weight excluding hydrogens is 348 g/mol. The number of nitrogens with zero attached hydrogens (tertiary/aromatic N) is 2. The minimum atomic E-state index is -0.544. The second-order valence-electron chi connectivity index (χ2n) is 6.66. The molecule has 1 N–H and O–H groups in total. The Kier molecular flexibility index (Phi) is 5.83. The van der Waals surface area contributed by atoms with Gasteiger partial charge >= 0.3 is 0 Å². The van der Waals surface area contributed by atoms with Crippen LogP contribution in [0.5, 0.6) is 0 Å². The Balaban J connectivity index is 1.96. The normalized spacial score (nSPS) is 18.1. The van der Waals surface area contributed by atoms with Gasteiger partial charge in [0.15, 0.2) is 5.78 Å². The third-order valence-corrected chi connectivity index (χ3v) is 4.62. The van der Waals surface area contributed by atoms with Crippen molar-refractivity contribution in [1.29, 1.82) is 0 Å². The fraction of sp³-hybridized carbons (Fsp3) is 0.350. The van der Waals surface area contributed by atoms with Crippen molar-refractivity contribution in [3.05, 3.63) is 69.8 Å². The van der Waals surface area contributed by atoms with Gasteiger partial charge < -0.3 is 14.7 Å². The number of aliphatic hydroxyl groups excluding tert-OH is 1. The molecule has 1 heterocycles. The van der Waals surface area contributed by atoms with Crippen molar-refractivity contribution in [2.24, 2.45) is 0 Å². The van der Waals surface area contributed by atoms with Crippen LogP contribution in [0.1, 0.15) is 29.3 Å². The van der Waals surface area contributed by atoms with Crippen molar-refractivity contribution in [3.8, 4) is 0 Å². The number of hydrogen-bond acceptors (Lipinski definition) is 6. The molecule has 142 valence electrons. The van der Waals surface area contributed by atoms with Gasteiger partial charge in [-0.1, -0.05) is 30.3 Å². The quantitative estimate of drug-likeness (QED) is 0.477. The summed E-state index contributed by atoms with van der Waals surface area (Å²) in [5.41, 5.74) is 1.09. The van der Waals surface area contributed by atoms with E-state index >= 15 is 0 Å². The number of anilines is 1. The molecule has 2 atom stereocenters. The molecule has 3 rings (SSSR count). The van der Waals surface area contributed by atoms with E-state index in [1.54, 1.807) is 43.3 Å². The third-order valence-electron chi connectivity index (χ3n) is 4.62. The Labute approximate surface area is 157 Å². The predicted molar refractivity (Wildman–Crippen MR) is 101 cm³/mol. The average molecular weight is 370 g/mol. The molecular formula is C20H22N2O5. The molecule has 0 spiro atoms. The summed E-state index contributed by atoms with van der Waals surface area (Å²) in [5, 5.41) is 21.4. The first-order valence-corrected chi connectivity index (χ1v) is 8.88. The first-order chi connectivity index (χ1) is 13.0. The molecule has 7 nitrogen and oxygen atoms in total. The topological polar surface area (TPSA) is 92.9 Å². The minimum absolute atomic E-state index is 0.116. The maximum absolute atomic E-state index is 12.6. The van der Waals surface area contributed by atoms with E-state index in [4.69, 9.17) is 4.74 Å². The Morgan fingerprint density at radius 3 is 2.70 bits per heavy atom. The molecule has 0 amide bonds. The molecule has 1 aliphatic rings. The van der Waals surface area contributed by atoms with Crippen LogP contribution >= 0.6 is 0 Å². The lowest BCUT2D eigenvalue weighted by atomic mass is 10.0. The smallest absolute Gasteiger partial charge is 0.293 e. The lowest BCUT2D eigenvalue weighted by molar-refractivity contribution is -0.384. The Hall–Kier alpha value is -2.77. The molecule has 1 saturated heterocycles. The van der Waals surface area contributed by atoms with Crippen LogP contribution in [-0.4, -0.2) is 47.7 Å². The van der Waals surface area contributed by atoms with Gasteiger partial charge in [-0.25, -0.2) is 0 Å². The number of nitro benzene ring substituents is 1. The van der Waals surface area contributed by atoms with Gasteiger partial charge in [-0.3, -0.25) is 14.9 Å². The maximum Gasteiger partial charge on any atom is 0.293 e. The number of aliphatic hydroxyl groups is 1. The zero-order valence-electron chi connectivity index (χ0n) is 15.1. The number of carbonyl (C=O) groups excluding carboxylic acids is 1. The lowest BCUT2D eigenvalue weighted by Crippen LogP contribution is -2.47. The fourth-order valence-electron chi connectivity index (χ4n) is 3.37. The average Bonchev–Trinajstić information content (AvgIpc) is 2.67. The van der Waals surface area contributed by atoms with Crippen LogP contribution in [0, 0.1) is 10.1 Å². The molecule has 2 aromatic carbocycles. The molecule has 1 fully saturated rings. The molecule has 1 aliphatic heterocycles. The van der Waals surface area contributed by atoms with Crippen LogP contribution in [0.2, 0.25) is 0 Å². The molecule has 7 heteroatoms. The summed E-state index contributed by atoms with van der Waals surface area (Å²) in [5.74, 6) is -0.257. The largest absolute Gasteiger partial charge is 0.393 e. The summed E-state index contributed by atoms with van der Waals surface area (Å²) in [6.45, 7) is 3.03. The van der Waals surface area contributed by atoms with Crippen molar-refractivity contribution in [2.45, 2.75) is 25.5 Å². The van der Waals surface area contributed by atoms with Gasteiger partial charge in [-0.05, 0) is 25.5 Å². The van der Waals surface area contributed by atoms with Crippen molar-refractivity contribution < 1.29 is 19.6 Å². The Morgan fingerprint density at radius 1 is 1.30 bits per heavy atom. The Morgan fingerprint density at radius 2 is 2.04 bits per heavy atom. The highest BCUT2D eigenvalue weighted by molar-refractivity contribution is 6.09. The summed E-state index contributed by atoms with van der Waals surface area (Å²) in [6, 6.07) is 13.1. The van der Waals surface area contributed by atoms with Crippen LogP contribution in [-0.2, 0) is 4.74 Å². The molecule has 0 bridgehead atoms. The first kappa shape index (κ1) is 19.0. The van der Waals surface area contributed by atoms with Gasteiger partial charge in [0.2, 0.25) is 0 Å². The van der Waals surface area contributed by atoms with Crippen molar-refractivity contribution >= 4 is 17.2 Å². The van der Waals surface area contributed by atoms with Crippen LogP contribution in [0.4, 0.5) is 11.4 Å². The summed E-state index contributed by atoms with van der Waals surface area (Å²) < 4.78 is 5.48. The molecule has 0 aliphatic carbocycles.